The van der Waals surface area contributed by atoms with Gasteiger partial charge in [0.25, 0.3) is 17.3 Å². The first-order chi connectivity index (χ1) is 19.5. The van der Waals surface area contributed by atoms with Gasteiger partial charge in [-0.3, -0.25) is 9.59 Å². The average molecular weight is 560 g/mol. The number of nitrogens with zero attached hydrogens (tertiary/aromatic N) is 2. The molecule has 0 bridgehead atoms. The van der Waals surface area contributed by atoms with E-state index in [0.717, 1.165) is 59.4 Å². The molecule has 3 aromatic rings. The third kappa shape index (κ3) is 4.66. The van der Waals surface area contributed by atoms with Crippen molar-refractivity contribution in [2.75, 3.05) is 20.6 Å². The van der Waals surface area contributed by atoms with Crippen LogP contribution < -0.4 is 15.0 Å². The van der Waals surface area contributed by atoms with Gasteiger partial charge in [0.2, 0.25) is 0 Å². The number of H-pyrrole nitrogens is 1. The number of ether oxygens (including phenoxy) is 2. The summed E-state index contributed by atoms with van der Waals surface area (Å²) in [5.41, 5.74) is 5.34. The van der Waals surface area contributed by atoms with E-state index >= 15 is 0 Å². The topological polar surface area (TPSA) is 88.0 Å². The molecule has 0 radical (unpaired) electrons. The van der Waals surface area contributed by atoms with Crippen molar-refractivity contribution < 1.29 is 18.7 Å². The summed E-state index contributed by atoms with van der Waals surface area (Å²) >= 11 is 0. The summed E-state index contributed by atoms with van der Waals surface area (Å²) in [6.45, 7) is 10.5. The average Bonchev–Trinajstić information content (AvgIpc) is 3.51. The first-order valence-electron chi connectivity index (χ1n) is 14.8. The van der Waals surface area contributed by atoms with E-state index in [1.807, 2.05) is 52.8 Å². The van der Waals surface area contributed by atoms with Crippen LogP contribution in [0.4, 0.5) is 0 Å². The van der Waals surface area contributed by atoms with Gasteiger partial charge < -0.3 is 28.7 Å². The number of aromatic amines is 1. The summed E-state index contributed by atoms with van der Waals surface area (Å²) in [5.74, 6) is 2.11. The van der Waals surface area contributed by atoms with Gasteiger partial charge in [0.15, 0.2) is 11.5 Å². The number of aryl methyl sites for hydroxylation is 3. The fourth-order valence-electron chi connectivity index (χ4n) is 7.11. The maximum atomic E-state index is 14.2. The zero-order chi connectivity index (χ0) is 29.2. The van der Waals surface area contributed by atoms with Gasteiger partial charge in [-0.15, -0.1) is 0 Å². The van der Waals surface area contributed by atoms with Crippen molar-refractivity contribution in [2.45, 2.75) is 85.1 Å². The highest BCUT2D eigenvalue weighted by molar-refractivity contribution is 6.02. The molecule has 6 rings (SSSR count). The van der Waals surface area contributed by atoms with Crippen LogP contribution in [0.3, 0.4) is 0 Å². The number of benzene rings is 1. The number of fused-ring (bicyclic) bond motifs is 2. The Kier molecular flexibility index (Phi) is 6.80. The molecule has 41 heavy (non-hydrogen) atoms. The van der Waals surface area contributed by atoms with E-state index < -0.39 is 5.79 Å². The van der Waals surface area contributed by atoms with Crippen molar-refractivity contribution in [3.8, 4) is 22.8 Å². The molecule has 1 unspecified atom stereocenters. The smallest absolute Gasteiger partial charge is 0.254 e. The predicted molar refractivity (Wildman–Crippen MR) is 158 cm³/mol. The lowest BCUT2D eigenvalue weighted by Crippen LogP contribution is -2.46. The quantitative estimate of drug-likeness (QED) is 0.433. The van der Waals surface area contributed by atoms with Crippen LogP contribution >= 0.6 is 0 Å². The lowest BCUT2D eigenvalue weighted by Gasteiger charge is -2.39. The summed E-state index contributed by atoms with van der Waals surface area (Å²) in [6.07, 6.45) is 4.85. The van der Waals surface area contributed by atoms with Gasteiger partial charge in [-0.2, -0.15) is 0 Å². The number of aromatic nitrogens is 1. The van der Waals surface area contributed by atoms with Gasteiger partial charge in [-0.25, -0.2) is 0 Å². The molecule has 1 saturated carbocycles. The maximum absolute atomic E-state index is 14.2. The molecule has 0 spiro atoms. The number of carbonyl (C=O) groups is 1. The molecule has 1 aromatic carbocycles. The number of hydrogen-bond acceptors (Lipinski definition) is 6. The van der Waals surface area contributed by atoms with Crippen LogP contribution in [0.25, 0.3) is 11.3 Å². The first kappa shape index (κ1) is 27.6. The summed E-state index contributed by atoms with van der Waals surface area (Å²) in [7, 11) is 4.29. The minimum Gasteiger partial charge on any atom is -0.461 e. The molecule has 4 heterocycles. The lowest BCUT2D eigenvalue weighted by molar-refractivity contribution is -0.123. The van der Waals surface area contributed by atoms with E-state index in [-0.39, 0.29) is 23.9 Å². The van der Waals surface area contributed by atoms with Gasteiger partial charge >= 0.3 is 0 Å². The molecule has 1 fully saturated rings. The van der Waals surface area contributed by atoms with Gasteiger partial charge in [-0.05, 0) is 103 Å². The number of pyridine rings is 1. The SMILES string of the molecule is Cc1cc(C)c(CN2CCc3c(c(C)c4c(c3-c3ccc(C)o3)OC(C)(C3CCC(N(C)C)CC3)O4)C2=O)c(=O)[nH]1. The second-order valence-electron chi connectivity index (χ2n) is 12.5. The number of nitrogens with one attached hydrogen (secondary N) is 1. The Hall–Kier alpha value is -3.52. The molecule has 1 N–H and O–H groups in total. The second-order valence-corrected chi connectivity index (χ2v) is 12.5. The molecule has 1 atom stereocenters. The molecule has 1 aliphatic carbocycles. The van der Waals surface area contributed by atoms with Crippen LogP contribution in [0.1, 0.15) is 76.7 Å². The Bertz CT molecular complexity index is 1580. The number of carbonyl (C=O) groups excluding carboxylic acids is 1. The molecule has 8 nitrogen and oxygen atoms in total. The van der Waals surface area contributed by atoms with Crippen LogP contribution in [0.15, 0.2) is 27.4 Å². The van der Waals surface area contributed by atoms with Gasteiger partial charge in [0.1, 0.15) is 11.5 Å². The van der Waals surface area contributed by atoms with Crippen molar-refractivity contribution in [2.24, 2.45) is 5.92 Å². The highest BCUT2D eigenvalue weighted by Gasteiger charge is 2.49. The Labute approximate surface area is 241 Å². The standard InChI is InChI=1S/C33H41N3O5/c1-18-16-19(2)34-31(37)25(18)17-36-15-14-24-27(32(36)38)21(4)29-30(28(24)26-13-8-20(3)39-26)41-33(5,40-29)22-9-11-23(12-10-22)35(6)7/h8,13,16,22-23H,9-12,14-15,17H2,1-7H3,(H,34,37). The van der Waals surface area contributed by atoms with E-state index in [1.54, 1.807) is 4.90 Å². The lowest BCUT2D eigenvalue weighted by atomic mass is 9.81. The zero-order valence-corrected chi connectivity index (χ0v) is 25.3. The molecular weight excluding hydrogens is 518 g/mol. The van der Waals surface area contributed by atoms with Crippen LogP contribution in [0.5, 0.6) is 11.5 Å². The highest BCUT2D eigenvalue weighted by Crippen LogP contribution is 2.55. The Morgan fingerprint density at radius 3 is 2.34 bits per heavy atom. The summed E-state index contributed by atoms with van der Waals surface area (Å²) < 4.78 is 19.7. The minimum atomic E-state index is -0.820. The Morgan fingerprint density at radius 1 is 1.00 bits per heavy atom. The van der Waals surface area contributed by atoms with E-state index in [2.05, 4.69) is 24.0 Å². The predicted octanol–water partition coefficient (Wildman–Crippen LogP) is 5.67. The van der Waals surface area contributed by atoms with E-state index in [1.165, 1.54) is 0 Å². The van der Waals surface area contributed by atoms with E-state index in [4.69, 9.17) is 13.9 Å². The zero-order valence-electron chi connectivity index (χ0n) is 25.3. The number of hydrogen-bond donors (Lipinski definition) is 1. The van der Waals surface area contributed by atoms with E-state index in [0.29, 0.717) is 47.4 Å². The summed E-state index contributed by atoms with van der Waals surface area (Å²) in [5, 5.41) is 0. The highest BCUT2D eigenvalue weighted by atomic mass is 16.7. The first-order valence-corrected chi connectivity index (χ1v) is 14.8. The molecule has 218 valence electrons. The molecule has 2 aliphatic heterocycles. The molecule has 3 aliphatic rings. The molecule has 0 saturated heterocycles. The van der Waals surface area contributed by atoms with Crippen LogP contribution in [0, 0.1) is 33.6 Å². The number of rotatable bonds is 5. The fourth-order valence-corrected chi connectivity index (χ4v) is 7.11. The molecule has 2 aromatic heterocycles. The monoisotopic (exact) mass is 559 g/mol. The molecule has 8 heteroatoms. The second kappa shape index (κ2) is 10.1. The van der Waals surface area contributed by atoms with Gasteiger partial charge in [0, 0.05) is 42.2 Å². The minimum absolute atomic E-state index is 0.0980. The van der Waals surface area contributed by atoms with Crippen molar-refractivity contribution in [1.82, 2.24) is 14.8 Å². The third-order valence-electron chi connectivity index (χ3n) is 9.49. The normalized spacial score (nSPS) is 23.8. The van der Waals surface area contributed by atoms with E-state index in [9.17, 15) is 9.59 Å². The third-order valence-corrected chi connectivity index (χ3v) is 9.49. The van der Waals surface area contributed by atoms with Crippen molar-refractivity contribution in [3.63, 3.8) is 0 Å². The fraction of sp³-hybridized carbons (Fsp3) is 0.515. The van der Waals surface area contributed by atoms with Crippen molar-refractivity contribution >= 4 is 5.91 Å². The Morgan fingerprint density at radius 2 is 1.71 bits per heavy atom. The van der Waals surface area contributed by atoms with Crippen molar-refractivity contribution in [1.29, 1.82) is 0 Å². The number of amides is 1. The molecular formula is C33H41N3O5. The van der Waals surface area contributed by atoms with Crippen LogP contribution in [-0.2, 0) is 13.0 Å². The van der Waals surface area contributed by atoms with Crippen molar-refractivity contribution in [3.05, 3.63) is 67.8 Å². The van der Waals surface area contributed by atoms with Gasteiger partial charge in [0.05, 0.1) is 17.7 Å². The largest absolute Gasteiger partial charge is 0.461 e. The maximum Gasteiger partial charge on any atom is 0.254 e. The summed E-state index contributed by atoms with van der Waals surface area (Å²) in [6, 6.07) is 6.41. The Balaban J connectivity index is 1.40. The molecule has 1 amide bonds. The number of furan rings is 1. The van der Waals surface area contributed by atoms with Gasteiger partial charge in [-0.1, -0.05) is 0 Å². The van der Waals surface area contributed by atoms with Crippen LogP contribution in [-0.4, -0.2) is 53.2 Å². The van der Waals surface area contributed by atoms with Crippen LogP contribution in [0.2, 0.25) is 0 Å². The summed E-state index contributed by atoms with van der Waals surface area (Å²) in [4.78, 5) is 33.9.